The Kier molecular flexibility index (Phi) is 3.50. The first kappa shape index (κ1) is 11.5. The van der Waals surface area contributed by atoms with Gasteiger partial charge >= 0.3 is 0 Å². The first-order valence-corrected chi connectivity index (χ1v) is 5.06. The van der Waals surface area contributed by atoms with Gasteiger partial charge in [0.2, 0.25) is 5.91 Å². The van der Waals surface area contributed by atoms with Crippen molar-refractivity contribution in [2.75, 3.05) is 20.2 Å². The first-order valence-electron chi connectivity index (χ1n) is 5.06. The summed E-state index contributed by atoms with van der Waals surface area (Å²) in [6, 6.07) is 0.451. The van der Waals surface area contributed by atoms with Crippen molar-refractivity contribution >= 4 is 5.91 Å². The lowest BCUT2D eigenvalue weighted by molar-refractivity contribution is -0.140. The third kappa shape index (κ3) is 3.27. The number of carbonyl (C=O) groups is 1. The van der Waals surface area contributed by atoms with Crippen LogP contribution in [-0.2, 0) is 9.53 Å². The molecular formula is C10H20N2O2. The van der Waals surface area contributed by atoms with Gasteiger partial charge in [-0.3, -0.25) is 4.79 Å². The van der Waals surface area contributed by atoms with Gasteiger partial charge in [-0.1, -0.05) is 0 Å². The Hall–Kier alpha value is -0.610. The average molecular weight is 200 g/mol. The molecule has 0 spiro atoms. The molecule has 1 aliphatic carbocycles. The Balaban J connectivity index is 2.26. The van der Waals surface area contributed by atoms with Gasteiger partial charge in [-0.05, 0) is 26.7 Å². The van der Waals surface area contributed by atoms with Crippen LogP contribution in [0.4, 0.5) is 0 Å². The standard InChI is InChI=1S/C10H20N2O2/c1-10(2,7-11)14-6-9(13)12(3)8-4-5-8/h8H,4-7,11H2,1-3H3. The Morgan fingerprint density at radius 2 is 2.14 bits per heavy atom. The molecule has 0 aliphatic heterocycles. The van der Waals surface area contributed by atoms with Gasteiger partial charge in [0.25, 0.3) is 0 Å². The maximum Gasteiger partial charge on any atom is 0.248 e. The van der Waals surface area contributed by atoms with Crippen molar-refractivity contribution in [1.29, 1.82) is 0 Å². The third-order valence-electron chi connectivity index (χ3n) is 2.57. The van der Waals surface area contributed by atoms with Crippen molar-refractivity contribution in [1.82, 2.24) is 4.90 Å². The van der Waals surface area contributed by atoms with Crippen LogP contribution in [-0.4, -0.2) is 42.6 Å². The van der Waals surface area contributed by atoms with Crippen molar-refractivity contribution in [2.45, 2.75) is 38.3 Å². The lowest BCUT2D eigenvalue weighted by atomic mass is 10.1. The van der Waals surface area contributed by atoms with E-state index in [2.05, 4.69) is 0 Å². The zero-order valence-electron chi connectivity index (χ0n) is 9.25. The fourth-order valence-corrected chi connectivity index (χ4v) is 1.08. The highest BCUT2D eigenvalue weighted by molar-refractivity contribution is 5.77. The molecule has 1 aliphatic rings. The zero-order chi connectivity index (χ0) is 10.8. The summed E-state index contributed by atoms with van der Waals surface area (Å²) in [6.45, 7) is 4.33. The second-order valence-corrected chi connectivity index (χ2v) is 4.49. The second-order valence-electron chi connectivity index (χ2n) is 4.49. The molecule has 1 saturated carbocycles. The lowest BCUT2D eigenvalue weighted by Crippen LogP contribution is -2.39. The number of nitrogens with two attached hydrogens (primary N) is 1. The van der Waals surface area contributed by atoms with Crippen molar-refractivity contribution in [2.24, 2.45) is 5.73 Å². The van der Waals surface area contributed by atoms with E-state index in [0.29, 0.717) is 12.6 Å². The fourth-order valence-electron chi connectivity index (χ4n) is 1.08. The van der Waals surface area contributed by atoms with Gasteiger partial charge in [0.15, 0.2) is 0 Å². The summed E-state index contributed by atoms with van der Waals surface area (Å²) in [7, 11) is 1.83. The monoisotopic (exact) mass is 200 g/mol. The van der Waals surface area contributed by atoms with Crippen LogP contribution in [0, 0.1) is 0 Å². The molecule has 0 aromatic rings. The van der Waals surface area contributed by atoms with E-state index in [1.165, 1.54) is 0 Å². The summed E-state index contributed by atoms with van der Waals surface area (Å²) in [5.41, 5.74) is 5.09. The molecule has 0 radical (unpaired) electrons. The molecule has 0 aromatic heterocycles. The maximum atomic E-state index is 11.5. The van der Waals surface area contributed by atoms with Gasteiger partial charge in [0, 0.05) is 19.6 Å². The highest BCUT2D eigenvalue weighted by atomic mass is 16.5. The van der Waals surface area contributed by atoms with Crippen molar-refractivity contribution in [3.05, 3.63) is 0 Å². The molecule has 14 heavy (non-hydrogen) atoms. The number of carbonyl (C=O) groups excluding carboxylic acids is 1. The molecule has 0 bridgehead atoms. The van der Waals surface area contributed by atoms with E-state index in [1.54, 1.807) is 4.90 Å². The number of hydrogen-bond donors (Lipinski definition) is 1. The number of nitrogens with zero attached hydrogens (tertiary/aromatic N) is 1. The molecule has 1 fully saturated rings. The average Bonchev–Trinajstić information content (AvgIpc) is 2.96. The van der Waals surface area contributed by atoms with Crippen molar-refractivity contribution in [3.63, 3.8) is 0 Å². The van der Waals surface area contributed by atoms with E-state index in [1.807, 2.05) is 20.9 Å². The van der Waals surface area contributed by atoms with E-state index >= 15 is 0 Å². The largest absolute Gasteiger partial charge is 0.364 e. The minimum Gasteiger partial charge on any atom is -0.364 e. The van der Waals surface area contributed by atoms with E-state index in [9.17, 15) is 4.79 Å². The second kappa shape index (κ2) is 4.28. The first-order chi connectivity index (χ1) is 6.46. The Morgan fingerprint density at radius 3 is 2.57 bits per heavy atom. The van der Waals surface area contributed by atoms with Crippen LogP contribution >= 0.6 is 0 Å². The van der Waals surface area contributed by atoms with E-state index in [-0.39, 0.29) is 12.5 Å². The van der Waals surface area contributed by atoms with Gasteiger partial charge in [0.05, 0.1) is 5.60 Å². The van der Waals surface area contributed by atoms with Crippen LogP contribution in [0.5, 0.6) is 0 Å². The fraction of sp³-hybridized carbons (Fsp3) is 0.900. The Morgan fingerprint density at radius 1 is 1.57 bits per heavy atom. The molecule has 82 valence electrons. The van der Waals surface area contributed by atoms with Crippen molar-refractivity contribution in [3.8, 4) is 0 Å². The number of rotatable bonds is 5. The Labute approximate surface area is 85.4 Å². The SMILES string of the molecule is CN(C(=O)COC(C)(C)CN)C1CC1. The number of amides is 1. The number of likely N-dealkylation sites (N-methyl/N-ethyl adjacent to an activating group) is 1. The van der Waals surface area contributed by atoms with Crippen LogP contribution in [0.1, 0.15) is 26.7 Å². The minimum absolute atomic E-state index is 0.0500. The van der Waals surface area contributed by atoms with E-state index < -0.39 is 5.60 Å². The maximum absolute atomic E-state index is 11.5. The normalized spacial score (nSPS) is 16.9. The molecular weight excluding hydrogens is 180 g/mol. The van der Waals surface area contributed by atoms with Crippen LogP contribution in [0.15, 0.2) is 0 Å². The molecule has 1 amide bonds. The molecule has 0 unspecified atom stereocenters. The van der Waals surface area contributed by atoms with Gasteiger partial charge in [0.1, 0.15) is 6.61 Å². The smallest absolute Gasteiger partial charge is 0.248 e. The summed E-state index contributed by atoms with van der Waals surface area (Å²) < 4.78 is 5.42. The lowest BCUT2D eigenvalue weighted by Gasteiger charge is -2.24. The van der Waals surface area contributed by atoms with Crippen LogP contribution in [0.2, 0.25) is 0 Å². The van der Waals surface area contributed by atoms with E-state index in [0.717, 1.165) is 12.8 Å². The Bertz CT molecular complexity index is 212. The topological polar surface area (TPSA) is 55.6 Å². The van der Waals surface area contributed by atoms with Crippen LogP contribution in [0.25, 0.3) is 0 Å². The van der Waals surface area contributed by atoms with Crippen LogP contribution in [0.3, 0.4) is 0 Å². The highest BCUT2D eigenvalue weighted by Gasteiger charge is 2.30. The van der Waals surface area contributed by atoms with Gasteiger partial charge in [-0.2, -0.15) is 0 Å². The van der Waals surface area contributed by atoms with Gasteiger partial charge < -0.3 is 15.4 Å². The molecule has 1 rings (SSSR count). The minimum atomic E-state index is -0.403. The molecule has 0 heterocycles. The summed E-state index contributed by atoms with van der Waals surface area (Å²) in [6.07, 6.45) is 2.26. The quantitative estimate of drug-likeness (QED) is 0.697. The predicted octanol–water partition coefficient (Wildman–Crippen LogP) is 0.361. The molecule has 4 heteroatoms. The predicted molar refractivity (Wildman–Crippen MR) is 54.9 cm³/mol. The summed E-state index contributed by atoms with van der Waals surface area (Å²) in [5, 5.41) is 0. The van der Waals surface area contributed by atoms with Gasteiger partial charge in [-0.25, -0.2) is 0 Å². The highest BCUT2D eigenvalue weighted by Crippen LogP contribution is 2.25. The molecule has 0 aromatic carbocycles. The molecule has 0 saturated heterocycles. The van der Waals surface area contributed by atoms with Crippen molar-refractivity contribution < 1.29 is 9.53 Å². The van der Waals surface area contributed by atoms with Crippen LogP contribution < -0.4 is 5.73 Å². The summed E-state index contributed by atoms with van der Waals surface area (Å²) in [5.74, 6) is 0.0500. The zero-order valence-corrected chi connectivity index (χ0v) is 9.25. The van der Waals surface area contributed by atoms with E-state index in [4.69, 9.17) is 10.5 Å². The third-order valence-corrected chi connectivity index (χ3v) is 2.57. The molecule has 2 N–H and O–H groups in total. The number of hydrogen-bond acceptors (Lipinski definition) is 3. The van der Waals surface area contributed by atoms with Gasteiger partial charge in [-0.15, -0.1) is 0 Å². The molecule has 0 atom stereocenters. The molecule has 4 nitrogen and oxygen atoms in total. The summed E-state index contributed by atoms with van der Waals surface area (Å²) >= 11 is 0. The number of ether oxygens (including phenoxy) is 1. The summed E-state index contributed by atoms with van der Waals surface area (Å²) in [4.78, 5) is 13.3.